The molecule has 2 aliphatic rings. The molecule has 0 radical (unpaired) electrons. The van der Waals surface area contributed by atoms with E-state index in [1.54, 1.807) is 0 Å². The molecule has 1 N–H and O–H groups in total. The molecule has 6 rings (SSSR count). The smallest absolute Gasteiger partial charge is 0.138 e. The lowest BCUT2D eigenvalue weighted by molar-refractivity contribution is 0.306. The van der Waals surface area contributed by atoms with Gasteiger partial charge in [-0.25, -0.2) is 0 Å². The van der Waals surface area contributed by atoms with Gasteiger partial charge in [-0.15, -0.1) is 0 Å². The van der Waals surface area contributed by atoms with Crippen molar-refractivity contribution < 1.29 is 4.74 Å². The average Bonchev–Trinajstić information content (AvgIpc) is 3.42. The van der Waals surface area contributed by atoms with Crippen LogP contribution in [0.3, 0.4) is 0 Å². The lowest BCUT2D eigenvalue weighted by Crippen LogP contribution is -2.29. The summed E-state index contributed by atoms with van der Waals surface area (Å²) in [4.78, 5) is 4.68. The van der Waals surface area contributed by atoms with E-state index in [0.29, 0.717) is 34.2 Å². The number of aryl methyl sites for hydroxylation is 1. The first kappa shape index (κ1) is 24.8. The maximum absolute atomic E-state index is 6.48. The molecule has 0 saturated carbocycles. The maximum Gasteiger partial charge on any atom is 0.138 e. The molecular weight excluding hydrogens is 511 g/mol. The van der Waals surface area contributed by atoms with Gasteiger partial charge in [-0.05, 0) is 90.0 Å². The van der Waals surface area contributed by atoms with Crippen LogP contribution < -0.4 is 10.1 Å². The van der Waals surface area contributed by atoms with E-state index >= 15 is 0 Å². The van der Waals surface area contributed by atoms with E-state index in [4.69, 9.17) is 27.9 Å². The van der Waals surface area contributed by atoms with Gasteiger partial charge in [0.2, 0.25) is 0 Å². The van der Waals surface area contributed by atoms with Gasteiger partial charge in [0.05, 0.1) is 16.8 Å². The van der Waals surface area contributed by atoms with Crippen molar-refractivity contribution in [3.63, 3.8) is 0 Å². The number of hydrogen-bond donors (Lipinski definition) is 1. The fourth-order valence-corrected chi connectivity index (χ4v) is 5.92. The molecule has 3 atom stereocenters. The Morgan fingerprint density at radius 2 is 1.84 bits per heavy atom. The number of benzene rings is 4. The molecule has 5 heteroatoms. The van der Waals surface area contributed by atoms with Crippen LogP contribution in [0.1, 0.15) is 46.2 Å². The van der Waals surface area contributed by atoms with Crippen LogP contribution in [0.4, 0.5) is 11.4 Å². The molecule has 1 heterocycles. The molecule has 0 saturated heterocycles. The molecule has 0 spiro atoms. The first-order valence-electron chi connectivity index (χ1n) is 12.9. The SMILES string of the molecule is Cc1ccc2c(c1)[C@@H]1C=CC[C@@H]1[C@@H](c1ccc(N=Cc3ccc(OCc4cccc(Cl)c4)c(Cl)c3)cc1)N2. The van der Waals surface area contributed by atoms with Gasteiger partial charge >= 0.3 is 0 Å². The number of ether oxygens (including phenoxy) is 1. The van der Waals surface area contributed by atoms with Crippen molar-refractivity contribution in [2.75, 3.05) is 5.32 Å². The molecule has 1 aliphatic heterocycles. The minimum atomic E-state index is 0.279. The van der Waals surface area contributed by atoms with Crippen LogP contribution in [0.2, 0.25) is 10.0 Å². The standard InChI is InChI=1S/C33H28Cl2N2O/c1-21-8-14-31-29(16-21)27-6-3-7-28(27)33(37-31)24-10-12-26(13-11-24)36-19-22-9-15-32(30(35)18-22)38-20-23-4-2-5-25(34)17-23/h2-6,8-19,27-28,33,37H,7,20H2,1H3/t27-,28+,33-/m1/s1. The zero-order valence-electron chi connectivity index (χ0n) is 21.1. The second-order valence-corrected chi connectivity index (χ2v) is 10.9. The second kappa shape index (κ2) is 10.7. The molecule has 38 heavy (non-hydrogen) atoms. The summed E-state index contributed by atoms with van der Waals surface area (Å²) in [5.41, 5.74) is 8.07. The Hall–Kier alpha value is -3.53. The van der Waals surface area contributed by atoms with Gasteiger partial charge in [0.15, 0.2) is 0 Å². The fourth-order valence-electron chi connectivity index (χ4n) is 5.46. The van der Waals surface area contributed by atoms with Gasteiger partial charge < -0.3 is 10.1 Å². The van der Waals surface area contributed by atoms with Gasteiger partial charge in [-0.3, -0.25) is 4.99 Å². The Morgan fingerprint density at radius 3 is 2.66 bits per heavy atom. The van der Waals surface area contributed by atoms with Crippen molar-refractivity contribution in [2.45, 2.75) is 31.9 Å². The van der Waals surface area contributed by atoms with E-state index < -0.39 is 0 Å². The number of nitrogens with zero attached hydrogens (tertiary/aromatic N) is 1. The number of hydrogen-bond acceptors (Lipinski definition) is 3. The molecule has 0 amide bonds. The van der Waals surface area contributed by atoms with Gasteiger partial charge in [-0.2, -0.15) is 0 Å². The zero-order chi connectivity index (χ0) is 26.1. The molecule has 0 aromatic heterocycles. The van der Waals surface area contributed by atoms with Crippen molar-refractivity contribution in [1.82, 2.24) is 0 Å². The minimum Gasteiger partial charge on any atom is -0.487 e. The van der Waals surface area contributed by atoms with Crippen LogP contribution >= 0.6 is 23.2 Å². The zero-order valence-corrected chi connectivity index (χ0v) is 22.6. The predicted octanol–water partition coefficient (Wildman–Crippen LogP) is 9.46. The number of nitrogens with one attached hydrogen (secondary N) is 1. The quantitative estimate of drug-likeness (QED) is 0.196. The molecule has 0 bridgehead atoms. The largest absolute Gasteiger partial charge is 0.487 e. The summed E-state index contributed by atoms with van der Waals surface area (Å²) in [5.74, 6) is 1.63. The number of aliphatic imine (C=N–C) groups is 1. The van der Waals surface area contributed by atoms with Gasteiger partial charge in [-0.1, -0.05) is 77.3 Å². The highest BCUT2D eigenvalue weighted by Crippen LogP contribution is 2.50. The summed E-state index contributed by atoms with van der Waals surface area (Å²) in [6, 6.07) is 28.9. The third-order valence-electron chi connectivity index (χ3n) is 7.37. The molecule has 3 nitrogen and oxygen atoms in total. The topological polar surface area (TPSA) is 33.6 Å². The molecule has 0 unspecified atom stereocenters. The summed E-state index contributed by atoms with van der Waals surface area (Å²) >= 11 is 12.5. The van der Waals surface area contributed by atoms with E-state index in [0.717, 1.165) is 23.2 Å². The summed E-state index contributed by atoms with van der Waals surface area (Å²) < 4.78 is 5.88. The Kier molecular flexibility index (Phi) is 6.97. The molecular formula is C33H28Cl2N2O. The van der Waals surface area contributed by atoms with Crippen molar-refractivity contribution in [3.05, 3.63) is 135 Å². The maximum atomic E-state index is 6.48. The van der Waals surface area contributed by atoms with Crippen LogP contribution in [0.5, 0.6) is 5.75 Å². The normalized spacial score (nSPS) is 19.7. The van der Waals surface area contributed by atoms with Crippen LogP contribution in [-0.4, -0.2) is 6.21 Å². The number of allylic oxidation sites excluding steroid dienone is 2. The summed E-state index contributed by atoms with van der Waals surface area (Å²) in [5, 5.41) is 5.05. The van der Waals surface area contributed by atoms with Crippen molar-refractivity contribution in [1.29, 1.82) is 0 Å². The van der Waals surface area contributed by atoms with Crippen molar-refractivity contribution in [3.8, 4) is 5.75 Å². The van der Waals surface area contributed by atoms with Crippen molar-refractivity contribution in [2.24, 2.45) is 10.9 Å². The number of halogens is 2. The van der Waals surface area contributed by atoms with E-state index in [9.17, 15) is 0 Å². The molecule has 0 fully saturated rings. The van der Waals surface area contributed by atoms with Gasteiger partial charge in [0.1, 0.15) is 12.4 Å². The van der Waals surface area contributed by atoms with Gasteiger partial charge in [0.25, 0.3) is 0 Å². The van der Waals surface area contributed by atoms with Crippen molar-refractivity contribution >= 4 is 40.8 Å². The Morgan fingerprint density at radius 1 is 0.974 bits per heavy atom. The van der Waals surface area contributed by atoms with Crippen LogP contribution in [-0.2, 0) is 6.61 Å². The van der Waals surface area contributed by atoms with Gasteiger partial charge in [0, 0.05) is 22.8 Å². The lowest BCUT2D eigenvalue weighted by atomic mass is 9.76. The average molecular weight is 540 g/mol. The highest BCUT2D eigenvalue weighted by molar-refractivity contribution is 6.32. The van der Waals surface area contributed by atoms with E-state index in [2.05, 4.69) is 71.8 Å². The van der Waals surface area contributed by atoms with Crippen LogP contribution in [0, 0.1) is 12.8 Å². The highest BCUT2D eigenvalue weighted by atomic mass is 35.5. The third-order valence-corrected chi connectivity index (χ3v) is 7.90. The van der Waals surface area contributed by atoms with E-state index in [1.807, 2.05) is 48.7 Å². The molecule has 1 aliphatic carbocycles. The monoisotopic (exact) mass is 538 g/mol. The Balaban J connectivity index is 1.13. The number of fused-ring (bicyclic) bond motifs is 3. The fraction of sp³-hybridized carbons (Fsp3) is 0.182. The summed E-state index contributed by atoms with van der Waals surface area (Å²) in [6.45, 7) is 2.57. The highest BCUT2D eigenvalue weighted by Gasteiger charge is 2.37. The van der Waals surface area contributed by atoms with Crippen LogP contribution in [0.25, 0.3) is 0 Å². The lowest BCUT2D eigenvalue weighted by Gasteiger charge is -2.37. The summed E-state index contributed by atoms with van der Waals surface area (Å²) in [6.07, 6.45) is 7.64. The minimum absolute atomic E-state index is 0.279. The first-order chi connectivity index (χ1) is 18.5. The Labute approximate surface area is 233 Å². The molecule has 4 aromatic rings. The second-order valence-electron chi connectivity index (χ2n) is 10.0. The Bertz CT molecular complexity index is 1530. The van der Waals surface area contributed by atoms with E-state index in [-0.39, 0.29) is 6.04 Å². The van der Waals surface area contributed by atoms with E-state index in [1.165, 1.54) is 22.4 Å². The molecule has 190 valence electrons. The molecule has 4 aromatic carbocycles. The van der Waals surface area contributed by atoms with Crippen LogP contribution in [0.15, 0.2) is 102 Å². The number of anilines is 1. The third kappa shape index (κ3) is 5.22. The summed E-state index contributed by atoms with van der Waals surface area (Å²) in [7, 11) is 0. The first-order valence-corrected chi connectivity index (χ1v) is 13.6. The number of rotatable bonds is 6. The predicted molar refractivity (Wildman–Crippen MR) is 158 cm³/mol.